The van der Waals surface area contributed by atoms with Crippen LogP contribution in [0.15, 0.2) is 24.4 Å². The Hall–Kier alpha value is -3.67. The first-order valence-corrected chi connectivity index (χ1v) is 10.1. The highest BCUT2D eigenvalue weighted by atomic mass is 19.4. The van der Waals surface area contributed by atoms with Gasteiger partial charge < -0.3 is 32.0 Å². The first-order valence-electron chi connectivity index (χ1n) is 10.1. The van der Waals surface area contributed by atoms with Crippen molar-refractivity contribution >= 4 is 40.8 Å². The average Bonchev–Trinajstić information content (AvgIpc) is 2.77. The van der Waals surface area contributed by atoms with E-state index in [9.17, 15) is 18.0 Å². The van der Waals surface area contributed by atoms with E-state index in [1.807, 2.05) is 13.1 Å². The quantitative estimate of drug-likeness (QED) is 0.381. The Balaban J connectivity index is 2.03. The minimum absolute atomic E-state index is 0.0810. The molecule has 0 atom stereocenters. The molecule has 0 radical (unpaired) electrons. The lowest BCUT2D eigenvalue weighted by molar-refractivity contribution is -0.137. The highest BCUT2D eigenvalue weighted by Crippen LogP contribution is 2.36. The smallest absolute Gasteiger partial charge is 0.375 e. The molecule has 0 saturated heterocycles. The molecule has 0 spiro atoms. The number of alkyl halides is 3. The highest BCUT2D eigenvalue weighted by molar-refractivity contribution is 5.99. The number of carbonyl (C=O) groups is 1. The zero-order valence-electron chi connectivity index (χ0n) is 18.2. The number of likely N-dealkylation sites (N-methyl/N-ethyl adjacent to an activating group) is 1. The van der Waals surface area contributed by atoms with E-state index in [-0.39, 0.29) is 18.3 Å². The van der Waals surface area contributed by atoms with Gasteiger partial charge in [0.1, 0.15) is 11.4 Å². The largest absolute Gasteiger partial charge is 0.421 e. The molecule has 0 fully saturated rings. The molecule has 1 aliphatic rings. The van der Waals surface area contributed by atoms with Crippen LogP contribution in [0.2, 0.25) is 0 Å². The second kappa shape index (κ2) is 9.86. The fourth-order valence-corrected chi connectivity index (χ4v) is 3.49. The van der Waals surface area contributed by atoms with E-state index in [0.717, 1.165) is 36.9 Å². The molecule has 2 heterocycles. The maximum atomic E-state index is 13.1. The normalized spacial score (nSPS) is 14.4. The molecule has 12 heteroatoms. The fraction of sp³-hybridized carbons (Fsp3) is 0.333. The van der Waals surface area contributed by atoms with Crippen LogP contribution >= 0.6 is 0 Å². The molecule has 0 aliphatic carbocycles. The standard InChI is InChI=1S/C21H25F3N8O/c1-27-19-15(21(22,23)24)10-29-20(31-19)30-16-4-3-13(12-5-7-32(2)8-6-12)18(14(16)9-25)28-11-17(26)33/h3-5,9-10,25,28H,6-8,11H2,1-2H3,(H2,26,33)(H2,27,29,30,31). The summed E-state index contributed by atoms with van der Waals surface area (Å²) in [4.78, 5) is 21.3. The molecule has 176 valence electrons. The lowest BCUT2D eigenvalue weighted by Crippen LogP contribution is -2.25. The third-order valence-corrected chi connectivity index (χ3v) is 5.16. The summed E-state index contributed by atoms with van der Waals surface area (Å²) < 4.78 is 39.4. The number of nitrogens with one attached hydrogen (secondary N) is 4. The Kier molecular flexibility index (Phi) is 7.16. The summed E-state index contributed by atoms with van der Waals surface area (Å²) in [6.45, 7) is 1.47. The number of hydrogen-bond donors (Lipinski definition) is 5. The van der Waals surface area contributed by atoms with E-state index in [4.69, 9.17) is 11.1 Å². The number of halogens is 3. The van der Waals surface area contributed by atoms with Crippen LogP contribution < -0.4 is 21.7 Å². The molecule has 0 saturated carbocycles. The molecule has 1 aromatic heterocycles. The van der Waals surface area contributed by atoms with E-state index < -0.39 is 17.6 Å². The Morgan fingerprint density at radius 1 is 1.36 bits per heavy atom. The molecular formula is C21H25F3N8O. The minimum Gasteiger partial charge on any atom is -0.375 e. The minimum atomic E-state index is -4.60. The zero-order valence-corrected chi connectivity index (χ0v) is 18.2. The van der Waals surface area contributed by atoms with Gasteiger partial charge in [-0.25, -0.2) is 4.98 Å². The van der Waals surface area contributed by atoms with Crippen molar-refractivity contribution in [1.29, 1.82) is 5.41 Å². The van der Waals surface area contributed by atoms with Crippen molar-refractivity contribution in [3.8, 4) is 0 Å². The van der Waals surface area contributed by atoms with Crippen LogP contribution in [0.1, 0.15) is 23.1 Å². The van der Waals surface area contributed by atoms with Gasteiger partial charge in [0.2, 0.25) is 11.9 Å². The van der Waals surface area contributed by atoms with Gasteiger partial charge in [-0.3, -0.25) is 4.79 Å². The number of benzene rings is 1. The number of anilines is 4. The number of aromatic nitrogens is 2. The molecule has 9 nitrogen and oxygen atoms in total. The number of rotatable bonds is 8. The zero-order chi connectivity index (χ0) is 24.2. The van der Waals surface area contributed by atoms with Crippen LogP contribution in [0.25, 0.3) is 5.57 Å². The van der Waals surface area contributed by atoms with Gasteiger partial charge in [-0.1, -0.05) is 12.1 Å². The van der Waals surface area contributed by atoms with Crippen molar-refractivity contribution in [3.05, 3.63) is 41.1 Å². The Labute approximate surface area is 188 Å². The topological polar surface area (TPSA) is 132 Å². The van der Waals surface area contributed by atoms with Crippen LogP contribution in [0.3, 0.4) is 0 Å². The SMILES string of the molecule is CNc1nc(Nc2ccc(C3=CCN(C)CC3)c(NCC(N)=O)c2C=N)ncc1C(F)(F)F. The number of nitrogens with zero attached hydrogens (tertiary/aromatic N) is 3. The molecule has 6 N–H and O–H groups in total. The number of primary amides is 1. The summed E-state index contributed by atoms with van der Waals surface area (Å²) >= 11 is 0. The van der Waals surface area contributed by atoms with Crippen LogP contribution in [0.4, 0.5) is 36.3 Å². The van der Waals surface area contributed by atoms with Gasteiger partial charge in [-0.2, -0.15) is 18.2 Å². The average molecular weight is 462 g/mol. The summed E-state index contributed by atoms with van der Waals surface area (Å²) in [5.74, 6) is -1.03. The molecule has 1 amide bonds. The summed E-state index contributed by atoms with van der Waals surface area (Å²) in [7, 11) is 3.35. The maximum Gasteiger partial charge on any atom is 0.421 e. The van der Waals surface area contributed by atoms with Crippen LogP contribution in [-0.4, -0.2) is 60.7 Å². The molecule has 3 rings (SSSR count). The predicted molar refractivity (Wildman–Crippen MR) is 122 cm³/mol. The summed E-state index contributed by atoms with van der Waals surface area (Å²) in [5.41, 5.74) is 7.48. The summed E-state index contributed by atoms with van der Waals surface area (Å²) in [6.07, 6.45) is 0.0298. The van der Waals surface area contributed by atoms with E-state index in [1.165, 1.54) is 7.05 Å². The van der Waals surface area contributed by atoms with Crippen molar-refractivity contribution in [2.24, 2.45) is 5.73 Å². The van der Waals surface area contributed by atoms with E-state index in [2.05, 4.69) is 36.9 Å². The second-order valence-electron chi connectivity index (χ2n) is 7.48. The maximum absolute atomic E-state index is 13.1. The van der Waals surface area contributed by atoms with Crippen LogP contribution in [0.5, 0.6) is 0 Å². The van der Waals surface area contributed by atoms with Gasteiger partial charge in [0.05, 0.1) is 17.9 Å². The molecule has 2 aromatic rings. The van der Waals surface area contributed by atoms with Crippen molar-refractivity contribution < 1.29 is 18.0 Å². The predicted octanol–water partition coefficient (Wildman–Crippen LogP) is 2.89. The first kappa shape index (κ1) is 24.0. The van der Waals surface area contributed by atoms with E-state index >= 15 is 0 Å². The van der Waals surface area contributed by atoms with Crippen molar-refractivity contribution in [2.45, 2.75) is 12.6 Å². The number of hydrogen-bond acceptors (Lipinski definition) is 8. The first-order chi connectivity index (χ1) is 15.6. The van der Waals surface area contributed by atoms with Crippen molar-refractivity contribution in [2.75, 3.05) is 49.7 Å². The van der Waals surface area contributed by atoms with E-state index in [0.29, 0.717) is 23.1 Å². The van der Waals surface area contributed by atoms with Gasteiger partial charge in [-0.15, -0.1) is 0 Å². The Morgan fingerprint density at radius 3 is 2.70 bits per heavy atom. The van der Waals surface area contributed by atoms with Gasteiger partial charge in [0.25, 0.3) is 0 Å². The number of amides is 1. The second-order valence-corrected chi connectivity index (χ2v) is 7.48. The number of carbonyl (C=O) groups excluding carboxylic acids is 1. The van der Waals surface area contributed by atoms with Crippen molar-refractivity contribution in [3.63, 3.8) is 0 Å². The Morgan fingerprint density at radius 2 is 2.12 bits per heavy atom. The van der Waals surface area contributed by atoms with Gasteiger partial charge in [-0.05, 0) is 25.1 Å². The lowest BCUT2D eigenvalue weighted by Gasteiger charge is -2.25. The molecular weight excluding hydrogens is 437 g/mol. The van der Waals surface area contributed by atoms with Crippen LogP contribution in [-0.2, 0) is 11.0 Å². The van der Waals surface area contributed by atoms with E-state index in [1.54, 1.807) is 6.07 Å². The summed E-state index contributed by atoms with van der Waals surface area (Å²) in [6, 6.07) is 3.52. The third-order valence-electron chi connectivity index (χ3n) is 5.16. The molecule has 0 unspecified atom stereocenters. The molecule has 33 heavy (non-hydrogen) atoms. The van der Waals surface area contributed by atoms with Crippen molar-refractivity contribution in [1.82, 2.24) is 14.9 Å². The Bertz CT molecular complexity index is 1080. The molecule has 1 aliphatic heterocycles. The van der Waals surface area contributed by atoms with Gasteiger partial charge in [0, 0.05) is 43.7 Å². The molecule has 1 aromatic carbocycles. The third kappa shape index (κ3) is 5.58. The number of nitrogens with two attached hydrogens (primary N) is 1. The summed E-state index contributed by atoms with van der Waals surface area (Å²) in [5, 5.41) is 16.3. The van der Waals surface area contributed by atoms with Gasteiger partial charge >= 0.3 is 6.18 Å². The van der Waals surface area contributed by atoms with Crippen LogP contribution in [0, 0.1) is 5.41 Å². The fourth-order valence-electron chi connectivity index (χ4n) is 3.49. The molecule has 0 bridgehead atoms. The monoisotopic (exact) mass is 462 g/mol. The lowest BCUT2D eigenvalue weighted by atomic mass is 9.94. The van der Waals surface area contributed by atoms with Gasteiger partial charge in [0.15, 0.2) is 0 Å². The highest BCUT2D eigenvalue weighted by Gasteiger charge is 2.35.